The molecule has 0 amide bonds. The summed E-state index contributed by atoms with van der Waals surface area (Å²) in [7, 11) is 2.07. The van der Waals surface area contributed by atoms with E-state index in [0.29, 0.717) is 6.04 Å². The molecule has 1 unspecified atom stereocenters. The Morgan fingerprint density at radius 2 is 2.33 bits per heavy atom. The molecule has 0 aromatic carbocycles. The third kappa shape index (κ3) is 3.56. The first-order valence-corrected chi connectivity index (χ1v) is 5.68. The van der Waals surface area contributed by atoms with Crippen molar-refractivity contribution in [2.24, 2.45) is 7.05 Å². The molecule has 0 radical (unpaired) electrons. The van der Waals surface area contributed by atoms with E-state index in [-0.39, 0.29) is 0 Å². The molecular weight excluding hydrogens is 184 g/mol. The second-order valence-corrected chi connectivity index (χ2v) is 4.11. The molecule has 0 saturated heterocycles. The van der Waals surface area contributed by atoms with Crippen LogP contribution in [-0.2, 0) is 7.05 Å². The second kappa shape index (κ2) is 5.76. The molecule has 0 aliphatic rings. The first kappa shape index (κ1) is 12.1. The van der Waals surface area contributed by atoms with Crippen LogP contribution < -0.4 is 5.32 Å². The van der Waals surface area contributed by atoms with E-state index >= 15 is 0 Å². The van der Waals surface area contributed by atoms with Gasteiger partial charge in [0.1, 0.15) is 0 Å². The van der Waals surface area contributed by atoms with Crippen molar-refractivity contribution in [1.82, 2.24) is 9.88 Å². The van der Waals surface area contributed by atoms with E-state index in [4.69, 9.17) is 0 Å². The van der Waals surface area contributed by atoms with Crippen LogP contribution in [0.25, 0.3) is 6.08 Å². The molecule has 2 nitrogen and oxygen atoms in total. The molecule has 1 heterocycles. The summed E-state index contributed by atoms with van der Waals surface area (Å²) in [6, 6.07) is 4.67. The van der Waals surface area contributed by atoms with Crippen LogP contribution in [0.2, 0.25) is 0 Å². The third-order valence-electron chi connectivity index (χ3n) is 2.74. The van der Waals surface area contributed by atoms with E-state index in [1.165, 1.54) is 17.7 Å². The Balaban J connectivity index is 2.63. The van der Waals surface area contributed by atoms with Gasteiger partial charge >= 0.3 is 0 Å². The van der Waals surface area contributed by atoms with E-state index in [1.807, 2.05) is 0 Å². The van der Waals surface area contributed by atoms with Crippen molar-refractivity contribution in [3.05, 3.63) is 29.6 Å². The Morgan fingerprint density at radius 1 is 1.60 bits per heavy atom. The quantitative estimate of drug-likeness (QED) is 0.784. The highest BCUT2D eigenvalue weighted by Gasteiger charge is 2.03. The lowest BCUT2D eigenvalue weighted by Gasteiger charge is -2.14. The van der Waals surface area contributed by atoms with E-state index in [1.54, 1.807) is 0 Å². The Kier molecular flexibility index (Phi) is 4.63. The number of nitrogens with one attached hydrogen (secondary N) is 1. The fraction of sp³-hybridized carbons (Fsp3) is 0.538. The Labute approximate surface area is 93.0 Å². The second-order valence-electron chi connectivity index (χ2n) is 4.11. The highest BCUT2D eigenvalue weighted by Crippen LogP contribution is 2.09. The summed E-state index contributed by atoms with van der Waals surface area (Å²) < 4.78 is 2.13. The van der Waals surface area contributed by atoms with Gasteiger partial charge in [0.05, 0.1) is 0 Å². The van der Waals surface area contributed by atoms with Gasteiger partial charge in [0.2, 0.25) is 0 Å². The Bertz CT molecular complexity index is 323. The lowest BCUT2D eigenvalue weighted by atomic mass is 10.1. The van der Waals surface area contributed by atoms with Gasteiger partial charge in [0.15, 0.2) is 0 Å². The molecule has 0 bridgehead atoms. The molecule has 1 rings (SSSR count). The summed E-state index contributed by atoms with van der Waals surface area (Å²) >= 11 is 0. The molecule has 1 atom stereocenters. The molecule has 0 saturated carbocycles. The number of hydrogen-bond acceptors (Lipinski definition) is 1. The van der Waals surface area contributed by atoms with Gasteiger partial charge in [-0.05, 0) is 45.0 Å². The van der Waals surface area contributed by atoms with Gasteiger partial charge in [0.25, 0.3) is 0 Å². The van der Waals surface area contributed by atoms with Crippen molar-refractivity contribution in [3.8, 4) is 0 Å². The highest BCUT2D eigenvalue weighted by molar-refractivity contribution is 5.50. The average Bonchev–Trinajstić information content (AvgIpc) is 2.61. The van der Waals surface area contributed by atoms with Crippen LogP contribution >= 0.6 is 0 Å². The summed E-state index contributed by atoms with van der Waals surface area (Å²) in [5.41, 5.74) is 2.64. The Morgan fingerprint density at radius 3 is 2.87 bits per heavy atom. The summed E-state index contributed by atoms with van der Waals surface area (Å²) in [5.74, 6) is 0. The van der Waals surface area contributed by atoms with Crippen molar-refractivity contribution >= 4 is 6.08 Å². The van der Waals surface area contributed by atoms with E-state index in [0.717, 1.165) is 6.54 Å². The predicted molar refractivity (Wildman–Crippen MR) is 66.8 cm³/mol. The number of hydrogen-bond donors (Lipinski definition) is 1. The van der Waals surface area contributed by atoms with Crippen LogP contribution in [0, 0.1) is 0 Å². The van der Waals surface area contributed by atoms with Crippen molar-refractivity contribution < 1.29 is 0 Å². The van der Waals surface area contributed by atoms with Crippen LogP contribution in [0.3, 0.4) is 0 Å². The zero-order valence-electron chi connectivity index (χ0n) is 10.2. The van der Waals surface area contributed by atoms with Crippen molar-refractivity contribution in [3.63, 3.8) is 0 Å². The topological polar surface area (TPSA) is 17.0 Å². The van der Waals surface area contributed by atoms with Crippen molar-refractivity contribution in [1.29, 1.82) is 0 Å². The zero-order chi connectivity index (χ0) is 11.3. The monoisotopic (exact) mass is 206 g/mol. The standard InChI is InChI=1S/C13H22N2/c1-5-8-14-12(3)11(2)10-13-7-6-9-15(13)4/h6-7,9-10,12,14H,5,8H2,1-4H3/b11-10+. The fourth-order valence-electron chi connectivity index (χ4n) is 1.50. The number of aromatic nitrogens is 1. The van der Waals surface area contributed by atoms with Crippen LogP contribution in [0.15, 0.2) is 23.9 Å². The minimum atomic E-state index is 0.458. The van der Waals surface area contributed by atoms with Gasteiger partial charge in [-0.15, -0.1) is 0 Å². The molecule has 1 aromatic heterocycles. The lowest BCUT2D eigenvalue weighted by Crippen LogP contribution is -2.27. The SMILES string of the molecule is CCCNC(C)/C(C)=C/c1cccn1C. The van der Waals surface area contributed by atoms with Gasteiger partial charge in [-0.2, -0.15) is 0 Å². The average molecular weight is 206 g/mol. The molecular formula is C13H22N2. The van der Waals surface area contributed by atoms with Gasteiger partial charge in [-0.25, -0.2) is 0 Å². The maximum Gasteiger partial charge on any atom is 0.0404 e. The van der Waals surface area contributed by atoms with Crippen LogP contribution in [0.1, 0.15) is 32.9 Å². The van der Waals surface area contributed by atoms with Crippen molar-refractivity contribution in [2.45, 2.75) is 33.2 Å². The molecule has 0 spiro atoms. The third-order valence-corrected chi connectivity index (χ3v) is 2.74. The first-order chi connectivity index (χ1) is 7.15. The molecule has 1 N–H and O–H groups in total. The molecule has 2 heteroatoms. The smallest absolute Gasteiger partial charge is 0.0404 e. The molecule has 84 valence electrons. The number of nitrogens with zero attached hydrogens (tertiary/aromatic N) is 1. The normalized spacial score (nSPS) is 14.3. The summed E-state index contributed by atoms with van der Waals surface area (Å²) in [5, 5.41) is 3.49. The first-order valence-electron chi connectivity index (χ1n) is 5.68. The minimum Gasteiger partial charge on any atom is -0.351 e. The van der Waals surface area contributed by atoms with Gasteiger partial charge in [-0.1, -0.05) is 12.5 Å². The zero-order valence-corrected chi connectivity index (χ0v) is 10.2. The molecule has 0 fully saturated rings. The summed E-state index contributed by atoms with van der Waals surface area (Å²) in [6.07, 6.45) is 5.50. The van der Waals surface area contributed by atoms with Gasteiger partial charge in [0, 0.05) is 25.0 Å². The lowest BCUT2D eigenvalue weighted by molar-refractivity contribution is 0.604. The maximum absolute atomic E-state index is 3.49. The van der Waals surface area contributed by atoms with Crippen LogP contribution in [0.5, 0.6) is 0 Å². The Hall–Kier alpha value is -1.02. The predicted octanol–water partition coefficient (Wildman–Crippen LogP) is 2.82. The van der Waals surface area contributed by atoms with Crippen molar-refractivity contribution in [2.75, 3.05) is 6.54 Å². The van der Waals surface area contributed by atoms with Gasteiger partial charge in [-0.3, -0.25) is 0 Å². The summed E-state index contributed by atoms with van der Waals surface area (Å²) in [4.78, 5) is 0. The van der Waals surface area contributed by atoms with Crippen LogP contribution in [-0.4, -0.2) is 17.2 Å². The van der Waals surface area contributed by atoms with E-state index in [9.17, 15) is 0 Å². The molecule has 1 aromatic rings. The molecule has 15 heavy (non-hydrogen) atoms. The van der Waals surface area contributed by atoms with Gasteiger partial charge < -0.3 is 9.88 Å². The number of rotatable bonds is 5. The fourth-order valence-corrected chi connectivity index (χ4v) is 1.50. The largest absolute Gasteiger partial charge is 0.351 e. The number of aryl methyl sites for hydroxylation is 1. The summed E-state index contributed by atoms with van der Waals surface area (Å²) in [6.45, 7) is 7.67. The maximum atomic E-state index is 3.49. The van der Waals surface area contributed by atoms with E-state index < -0.39 is 0 Å². The highest BCUT2D eigenvalue weighted by atomic mass is 14.9. The molecule has 0 aliphatic carbocycles. The minimum absolute atomic E-state index is 0.458. The molecule has 0 aliphatic heterocycles. The van der Waals surface area contributed by atoms with E-state index in [2.05, 4.69) is 62.1 Å². The van der Waals surface area contributed by atoms with Crippen LogP contribution in [0.4, 0.5) is 0 Å².